The van der Waals surface area contributed by atoms with E-state index in [4.69, 9.17) is 5.73 Å². The number of amidine groups is 1. The number of hydrogen-bond donors (Lipinski definition) is 2. The molecule has 3 N–H and O–H groups in total. The standard InChI is InChI=1S/C11H16N4/c1-3-8(4-2)9-7-14-11-10(12)13-5-6-15(9)11/h3,5-8,11,14H,1,4H2,2H3,(H2,12,13)/t8-,11?/m1/s1. The molecule has 4 heteroatoms. The summed E-state index contributed by atoms with van der Waals surface area (Å²) in [7, 11) is 0. The van der Waals surface area contributed by atoms with E-state index in [1.54, 1.807) is 6.20 Å². The molecule has 0 aromatic carbocycles. The topological polar surface area (TPSA) is 53.6 Å². The molecular formula is C11H16N4. The third-order valence-electron chi connectivity index (χ3n) is 2.80. The summed E-state index contributed by atoms with van der Waals surface area (Å²) < 4.78 is 0. The molecule has 80 valence electrons. The molecule has 2 aliphatic heterocycles. The number of nitrogens with zero attached hydrogens (tertiary/aromatic N) is 2. The van der Waals surface area contributed by atoms with Crippen LogP contribution < -0.4 is 11.1 Å². The Morgan fingerprint density at radius 1 is 1.80 bits per heavy atom. The van der Waals surface area contributed by atoms with E-state index in [0.29, 0.717) is 11.8 Å². The fourth-order valence-corrected chi connectivity index (χ4v) is 1.93. The Labute approximate surface area is 89.9 Å². The molecule has 0 bridgehead atoms. The molecule has 0 saturated carbocycles. The van der Waals surface area contributed by atoms with Crippen molar-refractivity contribution in [2.45, 2.75) is 19.5 Å². The lowest BCUT2D eigenvalue weighted by atomic mass is 10.0. The van der Waals surface area contributed by atoms with E-state index in [-0.39, 0.29) is 6.17 Å². The zero-order valence-corrected chi connectivity index (χ0v) is 8.85. The Kier molecular flexibility index (Phi) is 2.49. The second-order valence-electron chi connectivity index (χ2n) is 3.65. The molecule has 2 atom stereocenters. The molecule has 2 aliphatic rings. The fourth-order valence-electron chi connectivity index (χ4n) is 1.93. The number of hydrogen-bond acceptors (Lipinski definition) is 4. The van der Waals surface area contributed by atoms with Crippen LogP contribution in [-0.2, 0) is 0 Å². The van der Waals surface area contributed by atoms with Crippen LogP contribution in [-0.4, -0.2) is 16.9 Å². The van der Waals surface area contributed by atoms with Crippen LogP contribution in [0.1, 0.15) is 13.3 Å². The molecule has 0 fully saturated rings. The average molecular weight is 204 g/mol. The first-order valence-electron chi connectivity index (χ1n) is 5.14. The Bertz CT molecular complexity index is 354. The number of fused-ring (bicyclic) bond motifs is 1. The summed E-state index contributed by atoms with van der Waals surface area (Å²) >= 11 is 0. The van der Waals surface area contributed by atoms with Gasteiger partial charge in [0.05, 0.1) is 0 Å². The highest BCUT2D eigenvalue weighted by molar-refractivity contribution is 5.87. The third kappa shape index (κ3) is 1.52. The molecule has 0 radical (unpaired) electrons. The third-order valence-corrected chi connectivity index (χ3v) is 2.80. The number of aliphatic imine (C=N–C) groups is 1. The van der Waals surface area contributed by atoms with Crippen molar-refractivity contribution in [1.82, 2.24) is 10.2 Å². The van der Waals surface area contributed by atoms with Crippen LogP contribution in [0.3, 0.4) is 0 Å². The number of nitrogens with two attached hydrogens (primary N) is 1. The summed E-state index contributed by atoms with van der Waals surface area (Å²) in [5.41, 5.74) is 7.00. The molecule has 0 amide bonds. The van der Waals surface area contributed by atoms with Gasteiger partial charge in [0.15, 0.2) is 6.17 Å². The highest BCUT2D eigenvalue weighted by Gasteiger charge is 2.30. The largest absolute Gasteiger partial charge is 0.384 e. The average Bonchev–Trinajstić information content (AvgIpc) is 2.66. The van der Waals surface area contributed by atoms with Gasteiger partial charge >= 0.3 is 0 Å². The van der Waals surface area contributed by atoms with Crippen molar-refractivity contribution in [3.05, 3.63) is 37.0 Å². The zero-order chi connectivity index (χ0) is 10.8. The van der Waals surface area contributed by atoms with Gasteiger partial charge in [0, 0.05) is 30.2 Å². The summed E-state index contributed by atoms with van der Waals surface area (Å²) in [4.78, 5) is 6.18. The molecule has 4 nitrogen and oxygen atoms in total. The van der Waals surface area contributed by atoms with E-state index < -0.39 is 0 Å². The summed E-state index contributed by atoms with van der Waals surface area (Å²) in [5, 5.41) is 3.22. The van der Waals surface area contributed by atoms with Crippen LogP contribution in [0, 0.1) is 5.92 Å². The van der Waals surface area contributed by atoms with E-state index in [9.17, 15) is 0 Å². The minimum atomic E-state index is -0.0148. The van der Waals surface area contributed by atoms with Crippen molar-refractivity contribution in [3.63, 3.8) is 0 Å². The van der Waals surface area contributed by atoms with Gasteiger partial charge < -0.3 is 16.0 Å². The quantitative estimate of drug-likeness (QED) is 0.677. The van der Waals surface area contributed by atoms with Crippen LogP contribution in [0.4, 0.5) is 0 Å². The monoisotopic (exact) mass is 204 g/mol. The zero-order valence-electron chi connectivity index (χ0n) is 8.85. The Hall–Kier alpha value is -1.71. The second-order valence-corrected chi connectivity index (χ2v) is 3.65. The highest BCUT2D eigenvalue weighted by atomic mass is 15.3. The van der Waals surface area contributed by atoms with Gasteiger partial charge in [-0.15, -0.1) is 6.58 Å². The first-order valence-corrected chi connectivity index (χ1v) is 5.14. The smallest absolute Gasteiger partial charge is 0.162 e. The van der Waals surface area contributed by atoms with Crippen LogP contribution in [0.15, 0.2) is 41.9 Å². The van der Waals surface area contributed by atoms with Crippen LogP contribution in [0.2, 0.25) is 0 Å². The normalized spacial score (nSPS) is 25.1. The molecular weight excluding hydrogens is 188 g/mol. The lowest BCUT2D eigenvalue weighted by molar-refractivity contribution is 0.384. The summed E-state index contributed by atoms with van der Waals surface area (Å²) in [6, 6.07) is 0. The minimum Gasteiger partial charge on any atom is -0.384 e. The van der Waals surface area contributed by atoms with Gasteiger partial charge in [-0.25, -0.2) is 4.99 Å². The van der Waals surface area contributed by atoms with Crippen molar-refractivity contribution in [2.75, 3.05) is 0 Å². The Balaban J connectivity index is 2.21. The SMILES string of the molecule is C=C[C@H](CC)C1=CNC2C(N)=NC=CN12. The van der Waals surface area contributed by atoms with E-state index in [2.05, 4.69) is 28.7 Å². The molecule has 1 unspecified atom stereocenters. The first-order chi connectivity index (χ1) is 7.27. The molecule has 2 rings (SSSR count). The van der Waals surface area contributed by atoms with E-state index in [1.807, 2.05) is 18.5 Å². The van der Waals surface area contributed by atoms with Gasteiger partial charge in [0.25, 0.3) is 0 Å². The highest BCUT2D eigenvalue weighted by Crippen LogP contribution is 2.27. The van der Waals surface area contributed by atoms with Gasteiger partial charge in [0.2, 0.25) is 0 Å². The maximum atomic E-state index is 5.80. The van der Waals surface area contributed by atoms with Crippen molar-refractivity contribution in [2.24, 2.45) is 16.6 Å². The van der Waals surface area contributed by atoms with Crippen LogP contribution in [0.5, 0.6) is 0 Å². The lowest BCUT2D eigenvalue weighted by Gasteiger charge is -2.29. The van der Waals surface area contributed by atoms with Crippen LogP contribution in [0.25, 0.3) is 0 Å². The van der Waals surface area contributed by atoms with Gasteiger partial charge in [-0.2, -0.15) is 0 Å². The van der Waals surface area contributed by atoms with Crippen LogP contribution >= 0.6 is 0 Å². The van der Waals surface area contributed by atoms with Crippen molar-refractivity contribution in [3.8, 4) is 0 Å². The molecule has 0 spiro atoms. The fraction of sp³-hybridized carbons (Fsp3) is 0.364. The molecule has 0 aromatic heterocycles. The van der Waals surface area contributed by atoms with E-state index >= 15 is 0 Å². The van der Waals surface area contributed by atoms with Gasteiger partial charge in [0.1, 0.15) is 5.84 Å². The molecule has 2 heterocycles. The van der Waals surface area contributed by atoms with Crippen molar-refractivity contribution in [1.29, 1.82) is 0 Å². The van der Waals surface area contributed by atoms with Gasteiger partial charge in [-0.1, -0.05) is 13.0 Å². The first kappa shape index (κ1) is 9.83. The molecule has 0 aliphatic carbocycles. The van der Waals surface area contributed by atoms with Gasteiger partial charge in [-0.3, -0.25) is 0 Å². The summed E-state index contributed by atoms with van der Waals surface area (Å²) in [6.07, 6.45) is 8.65. The predicted molar refractivity (Wildman–Crippen MR) is 61.6 cm³/mol. The summed E-state index contributed by atoms with van der Waals surface area (Å²) in [5.74, 6) is 0.959. The molecule has 0 saturated heterocycles. The van der Waals surface area contributed by atoms with E-state index in [1.165, 1.54) is 5.70 Å². The lowest BCUT2D eigenvalue weighted by Crippen LogP contribution is -2.46. The molecule has 15 heavy (non-hydrogen) atoms. The Morgan fingerprint density at radius 2 is 2.60 bits per heavy atom. The molecule has 0 aromatic rings. The minimum absolute atomic E-state index is 0.0148. The Morgan fingerprint density at radius 3 is 3.27 bits per heavy atom. The second kappa shape index (κ2) is 3.81. The van der Waals surface area contributed by atoms with Crippen molar-refractivity contribution >= 4 is 5.84 Å². The summed E-state index contributed by atoms with van der Waals surface area (Å²) in [6.45, 7) is 6.00. The predicted octanol–water partition coefficient (Wildman–Crippen LogP) is 1.11. The maximum Gasteiger partial charge on any atom is 0.162 e. The number of rotatable bonds is 3. The van der Waals surface area contributed by atoms with E-state index in [0.717, 1.165) is 6.42 Å². The maximum absolute atomic E-state index is 5.80. The van der Waals surface area contributed by atoms with Crippen molar-refractivity contribution < 1.29 is 0 Å². The van der Waals surface area contributed by atoms with Gasteiger partial charge in [-0.05, 0) is 6.42 Å². The number of allylic oxidation sites excluding steroid dienone is 1. The number of nitrogens with one attached hydrogen (secondary N) is 1.